The molecule has 0 unspecified atom stereocenters. The van der Waals surface area contributed by atoms with Crippen LogP contribution in [-0.4, -0.2) is 23.4 Å². The number of ketones is 1. The van der Waals surface area contributed by atoms with Crippen molar-refractivity contribution in [3.05, 3.63) is 23.3 Å². The van der Waals surface area contributed by atoms with Crippen LogP contribution in [0, 0.1) is 11.8 Å². The van der Waals surface area contributed by atoms with Crippen LogP contribution >= 0.6 is 11.6 Å². The number of Topliss-reactive ketones (excluding diaryl/α,β-unsaturated/α-hetero) is 1. The highest BCUT2D eigenvalue weighted by atomic mass is 35.5. The number of carbonyl (C=O) groups excluding carboxylic acids is 1. The Kier molecular flexibility index (Phi) is 7.71. The summed E-state index contributed by atoms with van der Waals surface area (Å²) in [6.07, 6.45) is 3.13. The van der Waals surface area contributed by atoms with Gasteiger partial charge in [0.2, 0.25) is 0 Å². The van der Waals surface area contributed by atoms with Gasteiger partial charge in [-0.15, -0.1) is 11.6 Å². The van der Waals surface area contributed by atoms with Crippen LogP contribution in [-0.2, 0) is 6.42 Å². The summed E-state index contributed by atoms with van der Waals surface area (Å²) in [4.78, 5) is 11.5. The van der Waals surface area contributed by atoms with Crippen LogP contribution in [0.3, 0.4) is 0 Å². The summed E-state index contributed by atoms with van der Waals surface area (Å²) in [7, 11) is 0. The zero-order valence-corrected chi connectivity index (χ0v) is 13.3. The van der Waals surface area contributed by atoms with Crippen LogP contribution in [0.5, 0.6) is 11.5 Å². The minimum Gasteiger partial charge on any atom is -0.507 e. The largest absolute Gasteiger partial charge is 0.507 e. The fourth-order valence-corrected chi connectivity index (χ4v) is 2.07. The molecule has 0 fully saturated rings. The summed E-state index contributed by atoms with van der Waals surface area (Å²) in [6.45, 7) is 3.71. The third-order valence-corrected chi connectivity index (χ3v) is 3.25. The second kappa shape index (κ2) is 9.31. The topological polar surface area (TPSA) is 46.5 Å². The molecule has 1 N–H and O–H groups in total. The third-order valence-electron chi connectivity index (χ3n) is 2.98. The van der Waals surface area contributed by atoms with E-state index < -0.39 is 0 Å². The maximum Gasteiger partial charge on any atom is 0.163 e. The molecule has 0 radical (unpaired) electrons. The highest BCUT2D eigenvalue weighted by molar-refractivity contribution is 6.17. The van der Waals surface area contributed by atoms with E-state index in [2.05, 4.69) is 11.8 Å². The lowest BCUT2D eigenvalue weighted by atomic mass is 10.0. The van der Waals surface area contributed by atoms with Gasteiger partial charge in [-0.2, -0.15) is 0 Å². The molecule has 4 heteroatoms. The lowest BCUT2D eigenvalue weighted by Gasteiger charge is -2.13. The standard InChI is InChI=1S/C17H21ClO3/c1-3-8-15-16(21-12-7-5-4-6-11-18)10-9-14(13(2)19)17(15)20/h9-10,20H,3-4,6,8,11-12H2,1-2H3. The first-order chi connectivity index (χ1) is 10.1. The molecule has 21 heavy (non-hydrogen) atoms. The number of hydrogen-bond donors (Lipinski definition) is 1. The number of aromatic hydroxyl groups is 1. The number of unbranched alkanes of at least 4 members (excludes halogenated alkanes) is 1. The number of hydrogen-bond acceptors (Lipinski definition) is 3. The molecule has 1 aromatic carbocycles. The Balaban J connectivity index is 2.83. The molecule has 0 aromatic heterocycles. The molecule has 0 bridgehead atoms. The van der Waals surface area contributed by atoms with Crippen LogP contribution in [0.25, 0.3) is 0 Å². The number of benzene rings is 1. The fourth-order valence-electron chi connectivity index (χ4n) is 1.94. The summed E-state index contributed by atoms with van der Waals surface area (Å²) in [5.74, 6) is 6.96. The maximum atomic E-state index is 11.5. The number of halogens is 1. The second-order valence-corrected chi connectivity index (χ2v) is 5.06. The van der Waals surface area contributed by atoms with Gasteiger partial charge in [0.05, 0.1) is 5.56 Å². The highest BCUT2D eigenvalue weighted by Crippen LogP contribution is 2.32. The number of carbonyl (C=O) groups is 1. The van der Waals surface area contributed by atoms with Crippen LogP contribution in [0.2, 0.25) is 0 Å². The van der Waals surface area contributed by atoms with E-state index in [0.29, 0.717) is 29.2 Å². The molecule has 0 heterocycles. The van der Waals surface area contributed by atoms with E-state index in [1.54, 1.807) is 12.1 Å². The zero-order chi connectivity index (χ0) is 15.7. The predicted octanol–water partition coefficient (Wildman–Crippen LogP) is 3.95. The van der Waals surface area contributed by atoms with Gasteiger partial charge in [-0.25, -0.2) is 0 Å². The molecule has 3 nitrogen and oxygen atoms in total. The molecular weight excluding hydrogens is 288 g/mol. The molecule has 0 aliphatic rings. The first-order valence-electron chi connectivity index (χ1n) is 7.12. The smallest absolute Gasteiger partial charge is 0.163 e. The summed E-state index contributed by atoms with van der Waals surface area (Å²) >= 11 is 5.57. The van der Waals surface area contributed by atoms with Gasteiger partial charge in [0.15, 0.2) is 5.78 Å². The Hall–Kier alpha value is -1.66. The van der Waals surface area contributed by atoms with Crippen LogP contribution in [0.1, 0.15) is 49.0 Å². The SMILES string of the molecule is CCCc1c(OCC#CCCCCl)ccc(C(C)=O)c1O. The first kappa shape index (κ1) is 17.4. The first-order valence-corrected chi connectivity index (χ1v) is 7.65. The Morgan fingerprint density at radius 1 is 1.38 bits per heavy atom. The minimum absolute atomic E-state index is 0.0250. The summed E-state index contributed by atoms with van der Waals surface area (Å²) in [5, 5.41) is 10.2. The molecule has 114 valence electrons. The normalized spacial score (nSPS) is 9.86. The average molecular weight is 309 g/mol. The van der Waals surface area contributed by atoms with Gasteiger partial charge in [-0.3, -0.25) is 4.79 Å². The summed E-state index contributed by atoms with van der Waals surface area (Å²) < 4.78 is 5.61. The lowest BCUT2D eigenvalue weighted by molar-refractivity contribution is 0.101. The fraction of sp³-hybridized carbons (Fsp3) is 0.471. The molecule has 1 rings (SSSR count). The summed E-state index contributed by atoms with van der Waals surface area (Å²) in [5.41, 5.74) is 1.01. The van der Waals surface area contributed by atoms with Gasteiger partial charge in [-0.05, 0) is 31.9 Å². The molecule has 0 amide bonds. The molecule has 0 saturated heterocycles. The van der Waals surface area contributed by atoms with Gasteiger partial charge in [0.1, 0.15) is 18.1 Å². The molecule has 0 saturated carbocycles. The molecule has 0 aliphatic heterocycles. The van der Waals surface area contributed by atoms with Gasteiger partial charge in [0, 0.05) is 17.9 Å². The number of phenolic OH excluding ortho intramolecular Hbond substituents is 1. The van der Waals surface area contributed by atoms with Crippen molar-refractivity contribution in [3.63, 3.8) is 0 Å². The van der Waals surface area contributed by atoms with Gasteiger partial charge >= 0.3 is 0 Å². The van der Waals surface area contributed by atoms with Gasteiger partial charge < -0.3 is 9.84 Å². The number of ether oxygens (including phenoxy) is 1. The molecule has 0 aliphatic carbocycles. The monoisotopic (exact) mass is 308 g/mol. The van der Waals surface area contributed by atoms with Crippen LogP contribution in [0.15, 0.2) is 12.1 Å². The average Bonchev–Trinajstić information content (AvgIpc) is 2.45. The predicted molar refractivity (Wildman–Crippen MR) is 85.3 cm³/mol. The van der Waals surface area contributed by atoms with Crippen LogP contribution in [0.4, 0.5) is 0 Å². The van der Waals surface area contributed by atoms with E-state index in [-0.39, 0.29) is 18.1 Å². The van der Waals surface area contributed by atoms with Crippen molar-refractivity contribution in [2.75, 3.05) is 12.5 Å². The quantitative estimate of drug-likeness (QED) is 0.359. The second-order valence-electron chi connectivity index (χ2n) is 4.68. The molecule has 0 atom stereocenters. The molecule has 1 aromatic rings. The van der Waals surface area contributed by atoms with Crippen molar-refractivity contribution in [1.82, 2.24) is 0 Å². The number of phenols is 1. The summed E-state index contributed by atoms with van der Waals surface area (Å²) in [6, 6.07) is 3.31. The number of alkyl halides is 1. The molecular formula is C17H21ClO3. The van der Waals surface area contributed by atoms with E-state index in [4.69, 9.17) is 16.3 Å². The van der Waals surface area contributed by atoms with Crippen molar-refractivity contribution in [2.45, 2.75) is 39.5 Å². The van der Waals surface area contributed by atoms with Crippen molar-refractivity contribution in [1.29, 1.82) is 0 Å². The molecule has 0 spiro atoms. The lowest BCUT2D eigenvalue weighted by Crippen LogP contribution is -2.02. The Morgan fingerprint density at radius 3 is 2.76 bits per heavy atom. The van der Waals surface area contributed by atoms with Crippen molar-refractivity contribution < 1.29 is 14.6 Å². The Labute approximate surface area is 131 Å². The van der Waals surface area contributed by atoms with Crippen molar-refractivity contribution >= 4 is 17.4 Å². The van der Waals surface area contributed by atoms with Crippen molar-refractivity contribution in [3.8, 4) is 23.3 Å². The Morgan fingerprint density at radius 2 is 2.14 bits per heavy atom. The number of rotatable bonds is 7. The highest BCUT2D eigenvalue weighted by Gasteiger charge is 2.15. The van der Waals surface area contributed by atoms with E-state index in [9.17, 15) is 9.90 Å². The Bertz CT molecular complexity index is 541. The van der Waals surface area contributed by atoms with E-state index in [0.717, 1.165) is 19.3 Å². The van der Waals surface area contributed by atoms with E-state index in [1.807, 2.05) is 6.92 Å². The minimum atomic E-state index is -0.155. The third kappa shape index (κ3) is 5.32. The zero-order valence-electron chi connectivity index (χ0n) is 12.5. The van der Waals surface area contributed by atoms with E-state index >= 15 is 0 Å². The maximum absolute atomic E-state index is 11.5. The van der Waals surface area contributed by atoms with Crippen LogP contribution < -0.4 is 4.74 Å². The van der Waals surface area contributed by atoms with Gasteiger partial charge in [0.25, 0.3) is 0 Å². The van der Waals surface area contributed by atoms with E-state index in [1.165, 1.54) is 6.92 Å². The van der Waals surface area contributed by atoms with Crippen molar-refractivity contribution in [2.24, 2.45) is 0 Å². The van der Waals surface area contributed by atoms with Gasteiger partial charge in [-0.1, -0.05) is 25.2 Å².